The minimum atomic E-state index is -0.460. The monoisotopic (exact) mass is 295 g/mol. The molecule has 86 valence electrons. The molecule has 4 heteroatoms. The van der Waals surface area contributed by atoms with E-state index < -0.39 is 11.6 Å². The molecule has 0 saturated heterocycles. The van der Waals surface area contributed by atoms with Gasteiger partial charge in [-0.25, -0.2) is 8.78 Å². The quantitative estimate of drug-likeness (QED) is 0.805. The van der Waals surface area contributed by atoms with Gasteiger partial charge in [0.2, 0.25) is 0 Å². The molecule has 0 aliphatic heterocycles. The van der Waals surface area contributed by atoms with E-state index in [2.05, 4.69) is 20.9 Å². The normalized spacial score (nSPS) is 11.0. The molecule has 0 aliphatic carbocycles. The van der Waals surface area contributed by atoms with E-state index in [1.807, 2.05) is 6.07 Å². The van der Waals surface area contributed by atoms with Crippen LogP contribution in [0.4, 0.5) is 8.78 Å². The molecule has 0 fully saturated rings. The van der Waals surface area contributed by atoms with Gasteiger partial charge < -0.3 is 0 Å². The number of benzene rings is 1. The van der Waals surface area contributed by atoms with Gasteiger partial charge in [0.15, 0.2) is 0 Å². The Morgan fingerprint density at radius 2 is 1.88 bits per heavy atom. The Morgan fingerprint density at radius 1 is 1.06 bits per heavy atom. The molecule has 1 heterocycles. The van der Waals surface area contributed by atoms with Crippen LogP contribution in [0.1, 0.15) is 11.1 Å². The van der Waals surface area contributed by atoms with Crippen molar-refractivity contribution in [2.75, 3.05) is 0 Å². The van der Waals surface area contributed by atoms with Gasteiger partial charge in [0.1, 0.15) is 11.6 Å². The lowest BCUT2D eigenvalue weighted by Crippen LogP contribution is -1.84. The Hall–Kier alpha value is -1.55. The predicted octanol–water partition coefficient (Wildman–Crippen LogP) is 4.29. The van der Waals surface area contributed by atoms with Gasteiger partial charge in [-0.2, -0.15) is 0 Å². The molecule has 0 atom stereocenters. The van der Waals surface area contributed by atoms with E-state index in [-0.39, 0.29) is 5.56 Å². The second kappa shape index (κ2) is 5.19. The van der Waals surface area contributed by atoms with E-state index in [1.165, 1.54) is 6.08 Å². The summed E-state index contributed by atoms with van der Waals surface area (Å²) in [5, 5.41) is 0. The van der Waals surface area contributed by atoms with E-state index in [1.54, 1.807) is 18.5 Å². The fourth-order valence-corrected chi connectivity index (χ4v) is 1.73. The summed E-state index contributed by atoms with van der Waals surface area (Å²) in [6, 6.07) is 5.18. The van der Waals surface area contributed by atoms with Crippen LogP contribution in [0.15, 0.2) is 41.1 Å². The maximum absolute atomic E-state index is 13.3. The number of pyridine rings is 1. The summed E-state index contributed by atoms with van der Waals surface area (Å²) in [6.45, 7) is 0. The highest BCUT2D eigenvalue weighted by atomic mass is 79.9. The molecule has 2 rings (SSSR count). The topological polar surface area (TPSA) is 12.9 Å². The second-order valence-electron chi connectivity index (χ2n) is 3.44. The van der Waals surface area contributed by atoms with Crippen molar-refractivity contribution in [3.05, 3.63) is 63.9 Å². The van der Waals surface area contributed by atoms with Crippen molar-refractivity contribution >= 4 is 28.1 Å². The molecule has 0 bridgehead atoms. The van der Waals surface area contributed by atoms with Crippen molar-refractivity contribution < 1.29 is 8.78 Å². The van der Waals surface area contributed by atoms with Crippen LogP contribution >= 0.6 is 15.9 Å². The number of hydrogen-bond acceptors (Lipinski definition) is 1. The van der Waals surface area contributed by atoms with E-state index in [4.69, 9.17) is 0 Å². The van der Waals surface area contributed by atoms with Crippen LogP contribution in [0.25, 0.3) is 12.2 Å². The maximum atomic E-state index is 13.3. The highest BCUT2D eigenvalue weighted by Gasteiger charge is 2.00. The van der Waals surface area contributed by atoms with Crippen molar-refractivity contribution in [2.24, 2.45) is 0 Å². The third-order valence-electron chi connectivity index (χ3n) is 2.14. The van der Waals surface area contributed by atoms with Crippen molar-refractivity contribution in [2.45, 2.75) is 0 Å². The van der Waals surface area contributed by atoms with Crippen molar-refractivity contribution in [1.82, 2.24) is 4.98 Å². The summed E-state index contributed by atoms with van der Waals surface area (Å²) in [6.07, 6.45) is 6.48. The molecule has 0 aliphatic rings. The van der Waals surface area contributed by atoms with Crippen LogP contribution < -0.4 is 0 Å². The minimum Gasteiger partial charge on any atom is -0.263 e. The van der Waals surface area contributed by atoms with Crippen LogP contribution in [-0.2, 0) is 0 Å². The smallest absolute Gasteiger partial charge is 0.130 e. The van der Waals surface area contributed by atoms with Crippen LogP contribution in [0.3, 0.4) is 0 Å². The molecule has 1 aromatic heterocycles. The first-order valence-electron chi connectivity index (χ1n) is 4.89. The third kappa shape index (κ3) is 3.20. The molecule has 0 radical (unpaired) electrons. The average Bonchev–Trinajstić information content (AvgIpc) is 2.30. The zero-order valence-corrected chi connectivity index (χ0v) is 10.3. The summed E-state index contributed by atoms with van der Waals surface area (Å²) in [5.41, 5.74) is 1.02. The number of hydrogen-bond donors (Lipinski definition) is 0. The van der Waals surface area contributed by atoms with Gasteiger partial charge in [-0.1, -0.05) is 12.2 Å². The van der Waals surface area contributed by atoms with Gasteiger partial charge in [-0.15, -0.1) is 0 Å². The molecule has 1 aromatic carbocycles. The molecule has 2 aromatic rings. The van der Waals surface area contributed by atoms with E-state index in [0.717, 1.165) is 28.2 Å². The fraction of sp³-hybridized carbons (Fsp3) is 0. The van der Waals surface area contributed by atoms with Gasteiger partial charge in [-0.3, -0.25) is 4.98 Å². The predicted molar refractivity (Wildman–Crippen MR) is 67.2 cm³/mol. The van der Waals surface area contributed by atoms with Crippen LogP contribution in [0.2, 0.25) is 0 Å². The van der Waals surface area contributed by atoms with E-state index in [9.17, 15) is 8.78 Å². The molecule has 0 saturated carbocycles. The Labute approximate surface area is 106 Å². The highest BCUT2D eigenvalue weighted by molar-refractivity contribution is 9.10. The van der Waals surface area contributed by atoms with E-state index in [0.29, 0.717) is 0 Å². The Bertz CT molecular complexity index is 567. The third-order valence-corrected chi connectivity index (χ3v) is 2.57. The first-order chi connectivity index (χ1) is 8.15. The van der Waals surface area contributed by atoms with Crippen LogP contribution in [-0.4, -0.2) is 4.98 Å². The molecule has 0 unspecified atom stereocenters. The zero-order chi connectivity index (χ0) is 12.3. The zero-order valence-electron chi connectivity index (χ0n) is 8.70. The maximum Gasteiger partial charge on any atom is 0.130 e. The SMILES string of the molecule is Fc1ccc(F)c(C=Cc2cncc(Br)c2)c1. The summed E-state index contributed by atoms with van der Waals surface area (Å²) < 4.78 is 27.1. The first-order valence-corrected chi connectivity index (χ1v) is 5.68. The minimum absolute atomic E-state index is 0.213. The summed E-state index contributed by atoms with van der Waals surface area (Å²) in [5.74, 6) is -0.913. The largest absolute Gasteiger partial charge is 0.263 e. The van der Waals surface area contributed by atoms with Crippen LogP contribution in [0.5, 0.6) is 0 Å². The first kappa shape index (κ1) is 11.9. The number of rotatable bonds is 2. The average molecular weight is 296 g/mol. The van der Waals surface area contributed by atoms with Gasteiger partial charge >= 0.3 is 0 Å². The molecule has 1 nitrogen and oxygen atoms in total. The molecular weight excluding hydrogens is 288 g/mol. The lowest BCUT2D eigenvalue weighted by molar-refractivity contribution is 0.598. The summed E-state index contributed by atoms with van der Waals surface area (Å²) >= 11 is 3.28. The molecular formula is C13H8BrF2N. The lowest BCUT2D eigenvalue weighted by Gasteiger charge is -1.97. The van der Waals surface area contributed by atoms with Crippen molar-refractivity contribution in [3.63, 3.8) is 0 Å². The van der Waals surface area contributed by atoms with Gasteiger partial charge in [-0.05, 0) is 45.8 Å². The Balaban J connectivity index is 2.29. The summed E-state index contributed by atoms with van der Waals surface area (Å²) in [7, 11) is 0. The highest BCUT2D eigenvalue weighted by Crippen LogP contribution is 2.15. The lowest BCUT2D eigenvalue weighted by atomic mass is 10.1. The summed E-state index contributed by atoms with van der Waals surface area (Å²) in [4.78, 5) is 3.97. The second-order valence-corrected chi connectivity index (χ2v) is 4.35. The molecule has 0 N–H and O–H groups in total. The fourth-order valence-electron chi connectivity index (χ4n) is 1.35. The molecule has 0 amide bonds. The van der Waals surface area contributed by atoms with Gasteiger partial charge in [0.05, 0.1) is 0 Å². The molecule has 17 heavy (non-hydrogen) atoms. The van der Waals surface area contributed by atoms with Crippen molar-refractivity contribution in [3.8, 4) is 0 Å². The van der Waals surface area contributed by atoms with Crippen molar-refractivity contribution in [1.29, 1.82) is 0 Å². The van der Waals surface area contributed by atoms with E-state index >= 15 is 0 Å². The number of nitrogens with zero attached hydrogens (tertiary/aromatic N) is 1. The number of aromatic nitrogens is 1. The standard InChI is InChI=1S/C13H8BrF2N/c14-11-5-9(7-17-8-11)1-2-10-6-12(15)3-4-13(10)16/h1-8H. The number of halogens is 3. The Morgan fingerprint density at radius 3 is 2.65 bits per heavy atom. The van der Waals surface area contributed by atoms with Gasteiger partial charge in [0, 0.05) is 22.4 Å². The van der Waals surface area contributed by atoms with Crippen LogP contribution in [0, 0.1) is 11.6 Å². The Kier molecular flexibility index (Phi) is 3.64. The molecule has 0 spiro atoms. The van der Waals surface area contributed by atoms with Gasteiger partial charge in [0.25, 0.3) is 0 Å².